The van der Waals surface area contributed by atoms with Crippen molar-refractivity contribution in [2.75, 3.05) is 39.4 Å². The third-order valence-corrected chi connectivity index (χ3v) is 4.45. The number of nitrogens with zero attached hydrogens (tertiary/aromatic N) is 2. The maximum absolute atomic E-state index is 12.4. The lowest BCUT2D eigenvalue weighted by Crippen LogP contribution is -2.46. The third kappa shape index (κ3) is 6.23. The van der Waals surface area contributed by atoms with Crippen LogP contribution in [-0.4, -0.2) is 61.4 Å². The number of hydroxylamine groups is 2. The maximum Gasteiger partial charge on any atom is 0.224 e. The van der Waals surface area contributed by atoms with Crippen LogP contribution < -0.4 is 0 Å². The second-order valence-electron chi connectivity index (χ2n) is 6.88. The van der Waals surface area contributed by atoms with Gasteiger partial charge in [-0.2, -0.15) is 5.06 Å². The Bertz CT molecular complexity index is 330. The van der Waals surface area contributed by atoms with Gasteiger partial charge < -0.3 is 9.64 Å². The van der Waals surface area contributed by atoms with Gasteiger partial charge in [-0.25, -0.2) is 0 Å². The molecule has 5 nitrogen and oxygen atoms in total. The summed E-state index contributed by atoms with van der Waals surface area (Å²) in [6, 6.07) is 0. The van der Waals surface area contributed by atoms with Crippen LogP contribution in [-0.2, 0) is 14.4 Å². The molecule has 0 aromatic heterocycles. The van der Waals surface area contributed by atoms with Gasteiger partial charge in [-0.1, -0.05) is 26.7 Å². The van der Waals surface area contributed by atoms with Crippen LogP contribution in [0.15, 0.2) is 0 Å². The lowest BCUT2D eigenvalue weighted by molar-refractivity contribution is -0.183. The van der Waals surface area contributed by atoms with E-state index in [2.05, 4.69) is 13.8 Å². The normalized spacial score (nSPS) is 24.0. The molecule has 0 spiro atoms. The number of rotatable bonds is 7. The zero-order valence-electron chi connectivity index (χ0n) is 14.3. The Morgan fingerprint density at radius 3 is 2.82 bits per heavy atom. The Kier molecular flexibility index (Phi) is 7.63. The van der Waals surface area contributed by atoms with E-state index in [1.54, 1.807) is 0 Å². The quantitative estimate of drug-likeness (QED) is 0.724. The van der Waals surface area contributed by atoms with Gasteiger partial charge in [0.2, 0.25) is 5.91 Å². The van der Waals surface area contributed by atoms with Crippen LogP contribution in [0.2, 0.25) is 0 Å². The molecule has 2 aliphatic heterocycles. The minimum Gasteiger partial charge on any atom is -0.375 e. The van der Waals surface area contributed by atoms with E-state index in [4.69, 9.17) is 9.57 Å². The number of hydrogen-bond donors (Lipinski definition) is 0. The maximum atomic E-state index is 12.4. The van der Waals surface area contributed by atoms with Crippen molar-refractivity contribution in [3.8, 4) is 0 Å². The SMILES string of the molecule is CC(C)CCC[C@H]1CN(C(=O)CCN2CCCCO2)CCO1. The Morgan fingerprint density at radius 1 is 1.23 bits per heavy atom. The van der Waals surface area contributed by atoms with Gasteiger partial charge in [0, 0.05) is 32.6 Å². The molecule has 0 aromatic rings. The van der Waals surface area contributed by atoms with Crippen LogP contribution in [0.5, 0.6) is 0 Å². The molecule has 0 radical (unpaired) electrons. The number of hydrogen-bond acceptors (Lipinski definition) is 4. The summed E-state index contributed by atoms with van der Waals surface area (Å²) in [6.07, 6.45) is 6.57. The molecular formula is C17H32N2O3. The molecule has 1 atom stereocenters. The topological polar surface area (TPSA) is 42.0 Å². The average Bonchev–Trinajstić information content (AvgIpc) is 2.53. The molecule has 2 fully saturated rings. The summed E-state index contributed by atoms with van der Waals surface area (Å²) in [6.45, 7) is 9.14. The van der Waals surface area contributed by atoms with Crippen molar-refractivity contribution in [1.82, 2.24) is 9.96 Å². The van der Waals surface area contributed by atoms with Gasteiger partial charge in [-0.05, 0) is 25.2 Å². The van der Waals surface area contributed by atoms with E-state index in [1.807, 2.05) is 9.96 Å². The highest BCUT2D eigenvalue weighted by molar-refractivity contribution is 5.76. The standard InChI is InChI=1S/C17H32N2O3/c1-15(2)6-5-7-16-14-18(11-13-21-16)17(20)8-10-19-9-3-4-12-22-19/h15-16H,3-14H2,1-2H3/t16-/m0/s1. The van der Waals surface area contributed by atoms with Crippen LogP contribution in [0.1, 0.15) is 52.4 Å². The summed E-state index contributed by atoms with van der Waals surface area (Å²) >= 11 is 0. The van der Waals surface area contributed by atoms with E-state index in [9.17, 15) is 4.79 Å². The minimum atomic E-state index is 0.225. The summed E-state index contributed by atoms with van der Waals surface area (Å²) in [5, 5.41) is 1.95. The molecule has 0 aliphatic carbocycles. The summed E-state index contributed by atoms with van der Waals surface area (Å²) in [7, 11) is 0. The van der Waals surface area contributed by atoms with Gasteiger partial charge >= 0.3 is 0 Å². The van der Waals surface area contributed by atoms with Crippen molar-refractivity contribution in [3.05, 3.63) is 0 Å². The fourth-order valence-electron chi connectivity index (χ4n) is 3.08. The van der Waals surface area contributed by atoms with E-state index in [0.29, 0.717) is 19.6 Å². The molecule has 2 heterocycles. The predicted octanol–water partition coefficient (Wildman–Crippen LogP) is 2.46. The predicted molar refractivity (Wildman–Crippen MR) is 86.4 cm³/mol. The number of morpholine rings is 1. The lowest BCUT2D eigenvalue weighted by atomic mass is 10.0. The molecule has 2 rings (SSSR count). The van der Waals surface area contributed by atoms with Crippen LogP contribution in [0.25, 0.3) is 0 Å². The number of carbonyl (C=O) groups is 1. The largest absolute Gasteiger partial charge is 0.375 e. The van der Waals surface area contributed by atoms with Crippen LogP contribution in [0, 0.1) is 5.92 Å². The van der Waals surface area contributed by atoms with Crippen molar-refractivity contribution in [3.63, 3.8) is 0 Å². The molecule has 2 aliphatic rings. The number of ether oxygens (including phenoxy) is 1. The smallest absolute Gasteiger partial charge is 0.224 e. The zero-order valence-corrected chi connectivity index (χ0v) is 14.3. The molecule has 22 heavy (non-hydrogen) atoms. The van der Waals surface area contributed by atoms with Crippen molar-refractivity contribution < 1.29 is 14.4 Å². The molecule has 0 bridgehead atoms. The van der Waals surface area contributed by atoms with Gasteiger partial charge in [0.05, 0.1) is 19.3 Å². The van der Waals surface area contributed by atoms with Crippen molar-refractivity contribution >= 4 is 5.91 Å². The monoisotopic (exact) mass is 312 g/mol. The molecule has 1 amide bonds. The molecule has 5 heteroatoms. The first kappa shape index (κ1) is 17.7. The molecule has 128 valence electrons. The van der Waals surface area contributed by atoms with Gasteiger partial charge in [-0.3, -0.25) is 9.63 Å². The average molecular weight is 312 g/mol. The van der Waals surface area contributed by atoms with Crippen molar-refractivity contribution in [1.29, 1.82) is 0 Å². The Hall–Kier alpha value is -0.650. The van der Waals surface area contributed by atoms with Crippen LogP contribution >= 0.6 is 0 Å². The van der Waals surface area contributed by atoms with Gasteiger partial charge in [-0.15, -0.1) is 0 Å². The second kappa shape index (κ2) is 9.48. The Labute approximate surface area is 134 Å². The third-order valence-electron chi connectivity index (χ3n) is 4.45. The summed E-state index contributed by atoms with van der Waals surface area (Å²) < 4.78 is 5.81. The highest BCUT2D eigenvalue weighted by Gasteiger charge is 2.24. The first-order valence-corrected chi connectivity index (χ1v) is 8.92. The Morgan fingerprint density at radius 2 is 2.09 bits per heavy atom. The first-order chi connectivity index (χ1) is 10.6. The van der Waals surface area contributed by atoms with Crippen molar-refractivity contribution in [2.24, 2.45) is 5.92 Å². The summed E-state index contributed by atoms with van der Waals surface area (Å²) in [5.74, 6) is 0.984. The molecule has 0 aromatic carbocycles. The van der Waals surface area contributed by atoms with E-state index in [1.165, 1.54) is 19.3 Å². The fourth-order valence-corrected chi connectivity index (χ4v) is 3.08. The van der Waals surface area contributed by atoms with E-state index < -0.39 is 0 Å². The van der Waals surface area contributed by atoms with Gasteiger partial charge in [0.25, 0.3) is 0 Å². The highest BCUT2D eigenvalue weighted by Crippen LogP contribution is 2.15. The molecule has 2 saturated heterocycles. The summed E-state index contributed by atoms with van der Waals surface area (Å²) in [4.78, 5) is 19.9. The first-order valence-electron chi connectivity index (χ1n) is 8.92. The van der Waals surface area contributed by atoms with Crippen LogP contribution in [0.4, 0.5) is 0 Å². The summed E-state index contributed by atoms with van der Waals surface area (Å²) in [5.41, 5.74) is 0. The lowest BCUT2D eigenvalue weighted by Gasteiger charge is -2.34. The Balaban J connectivity index is 1.65. The van der Waals surface area contributed by atoms with E-state index >= 15 is 0 Å². The van der Waals surface area contributed by atoms with Gasteiger partial charge in [0.1, 0.15) is 0 Å². The van der Waals surface area contributed by atoms with E-state index in [0.717, 1.165) is 45.0 Å². The van der Waals surface area contributed by atoms with E-state index in [-0.39, 0.29) is 12.0 Å². The molecule has 0 unspecified atom stereocenters. The molecule has 0 saturated carbocycles. The van der Waals surface area contributed by atoms with Crippen molar-refractivity contribution in [2.45, 2.75) is 58.5 Å². The molecule has 0 N–H and O–H groups in total. The van der Waals surface area contributed by atoms with Gasteiger partial charge in [0.15, 0.2) is 0 Å². The zero-order chi connectivity index (χ0) is 15.8. The minimum absolute atomic E-state index is 0.225. The van der Waals surface area contributed by atoms with Crippen LogP contribution in [0.3, 0.4) is 0 Å². The fraction of sp³-hybridized carbons (Fsp3) is 0.941. The number of amides is 1. The highest BCUT2D eigenvalue weighted by atomic mass is 16.7. The molecular weight excluding hydrogens is 280 g/mol. The second-order valence-corrected chi connectivity index (χ2v) is 6.88. The number of carbonyl (C=O) groups excluding carboxylic acids is 1.